The molecular weight excluding hydrogens is 393 g/mol. The second-order valence-electron chi connectivity index (χ2n) is 4.18. The molecule has 1 aromatic carbocycles. The molecule has 1 atom stereocenters. The van der Waals surface area contributed by atoms with Crippen molar-refractivity contribution in [2.45, 2.75) is 13.0 Å². The topological polar surface area (TPSA) is 51.5 Å². The number of halogens is 2. The molecule has 0 saturated carbocycles. The van der Waals surface area contributed by atoms with E-state index in [9.17, 15) is 4.79 Å². The Bertz CT molecular complexity index is 627. The number of anilines is 1. The molecule has 6 heteroatoms. The molecule has 4 nitrogen and oxygen atoms in total. The largest absolute Gasteiger partial charge is 0.463 e. The van der Waals surface area contributed by atoms with E-state index in [0.29, 0.717) is 10.8 Å². The van der Waals surface area contributed by atoms with Gasteiger partial charge in [-0.3, -0.25) is 0 Å². The summed E-state index contributed by atoms with van der Waals surface area (Å²) in [5, 5.41) is 3.88. The molecular formula is C14H13ClINO3. The lowest BCUT2D eigenvalue weighted by Crippen LogP contribution is -2.06. The fraction of sp³-hybridized carbons (Fsp3) is 0.214. The number of methoxy groups -OCH3 is 1. The third kappa shape index (κ3) is 3.46. The summed E-state index contributed by atoms with van der Waals surface area (Å²) in [7, 11) is 1.32. The van der Waals surface area contributed by atoms with Gasteiger partial charge in [-0.15, -0.1) is 0 Å². The minimum absolute atomic E-state index is 0.119. The van der Waals surface area contributed by atoms with Crippen molar-refractivity contribution in [2.24, 2.45) is 0 Å². The molecule has 0 aliphatic rings. The molecule has 1 N–H and O–H groups in total. The lowest BCUT2D eigenvalue weighted by atomic mass is 10.2. The van der Waals surface area contributed by atoms with Gasteiger partial charge in [0, 0.05) is 3.57 Å². The fourth-order valence-corrected chi connectivity index (χ4v) is 2.62. The van der Waals surface area contributed by atoms with Crippen molar-refractivity contribution in [2.75, 3.05) is 12.4 Å². The minimum Gasteiger partial charge on any atom is -0.463 e. The quantitative estimate of drug-likeness (QED) is 0.601. The highest BCUT2D eigenvalue weighted by Gasteiger charge is 2.16. The van der Waals surface area contributed by atoms with Crippen LogP contribution in [-0.4, -0.2) is 13.1 Å². The number of rotatable bonds is 4. The molecule has 0 spiro atoms. The summed E-state index contributed by atoms with van der Waals surface area (Å²) in [4.78, 5) is 11.3. The van der Waals surface area contributed by atoms with E-state index in [1.165, 1.54) is 7.11 Å². The summed E-state index contributed by atoms with van der Waals surface area (Å²) >= 11 is 8.37. The summed E-state index contributed by atoms with van der Waals surface area (Å²) in [5.74, 6) is 0.334. The van der Waals surface area contributed by atoms with Gasteiger partial charge in [-0.2, -0.15) is 0 Å². The second kappa shape index (κ2) is 6.49. The molecule has 0 aliphatic heterocycles. The summed E-state index contributed by atoms with van der Waals surface area (Å²) in [6.07, 6.45) is 0. The predicted octanol–water partition coefficient (Wildman–Crippen LogP) is 4.50. The zero-order valence-electron chi connectivity index (χ0n) is 10.9. The van der Waals surface area contributed by atoms with Gasteiger partial charge in [0.1, 0.15) is 5.76 Å². The highest BCUT2D eigenvalue weighted by molar-refractivity contribution is 14.1. The van der Waals surface area contributed by atoms with Crippen molar-refractivity contribution in [1.29, 1.82) is 0 Å². The first-order valence-electron chi connectivity index (χ1n) is 5.91. The normalized spacial score (nSPS) is 12.0. The van der Waals surface area contributed by atoms with E-state index < -0.39 is 5.97 Å². The van der Waals surface area contributed by atoms with Crippen molar-refractivity contribution in [3.8, 4) is 0 Å². The summed E-state index contributed by atoms with van der Waals surface area (Å²) < 4.78 is 11.1. The Labute approximate surface area is 135 Å². The van der Waals surface area contributed by atoms with Crippen molar-refractivity contribution in [3.05, 3.63) is 50.4 Å². The molecule has 2 rings (SSSR count). The Balaban J connectivity index is 2.13. The van der Waals surface area contributed by atoms with Gasteiger partial charge in [0.15, 0.2) is 0 Å². The third-order valence-electron chi connectivity index (χ3n) is 2.74. The van der Waals surface area contributed by atoms with Gasteiger partial charge in [-0.05, 0) is 59.8 Å². The van der Waals surface area contributed by atoms with Crippen molar-refractivity contribution >= 4 is 45.8 Å². The highest BCUT2D eigenvalue weighted by Crippen LogP contribution is 2.28. The first-order chi connectivity index (χ1) is 9.51. The minimum atomic E-state index is -0.490. The molecule has 0 fully saturated rings. The average molecular weight is 406 g/mol. The zero-order valence-corrected chi connectivity index (χ0v) is 13.9. The molecule has 0 bridgehead atoms. The van der Waals surface area contributed by atoms with E-state index >= 15 is 0 Å². The standard InChI is InChI=1S/C14H13ClINO3/c1-8(12-5-6-13(20-12)14(18)19-2)17-11-4-3-9(16)7-10(11)15/h3-8,17H,1-2H3. The Kier molecular flexibility index (Phi) is 4.93. The van der Waals surface area contributed by atoms with Crippen LogP contribution in [0.2, 0.25) is 5.02 Å². The molecule has 0 amide bonds. The number of nitrogens with one attached hydrogen (secondary N) is 1. The molecule has 0 aliphatic carbocycles. The van der Waals surface area contributed by atoms with Gasteiger partial charge in [-0.1, -0.05) is 11.6 Å². The molecule has 20 heavy (non-hydrogen) atoms. The Morgan fingerprint density at radius 3 is 2.80 bits per heavy atom. The van der Waals surface area contributed by atoms with Crippen LogP contribution in [0.5, 0.6) is 0 Å². The van der Waals surface area contributed by atoms with E-state index in [-0.39, 0.29) is 11.8 Å². The molecule has 106 valence electrons. The SMILES string of the molecule is COC(=O)c1ccc(C(C)Nc2ccc(I)cc2Cl)o1. The van der Waals surface area contributed by atoms with E-state index in [1.807, 2.05) is 25.1 Å². The summed E-state index contributed by atoms with van der Waals surface area (Å²) in [5.41, 5.74) is 0.815. The van der Waals surface area contributed by atoms with Crippen molar-refractivity contribution < 1.29 is 13.9 Å². The van der Waals surface area contributed by atoms with Crippen LogP contribution in [0.4, 0.5) is 5.69 Å². The van der Waals surface area contributed by atoms with Crippen molar-refractivity contribution in [3.63, 3.8) is 0 Å². The van der Waals surface area contributed by atoms with Gasteiger partial charge in [0.2, 0.25) is 5.76 Å². The summed E-state index contributed by atoms with van der Waals surface area (Å²) in [6.45, 7) is 1.92. The maximum absolute atomic E-state index is 11.3. The van der Waals surface area contributed by atoms with Crippen LogP contribution in [0.15, 0.2) is 34.7 Å². The first kappa shape index (κ1) is 15.2. The third-order valence-corrected chi connectivity index (χ3v) is 3.73. The average Bonchev–Trinajstić information content (AvgIpc) is 2.90. The zero-order chi connectivity index (χ0) is 14.7. The van der Waals surface area contributed by atoms with Crippen LogP contribution >= 0.6 is 34.2 Å². The molecule has 1 heterocycles. The molecule has 0 saturated heterocycles. The maximum Gasteiger partial charge on any atom is 0.373 e. The number of benzene rings is 1. The van der Waals surface area contributed by atoms with Gasteiger partial charge < -0.3 is 14.5 Å². The van der Waals surface area contributed by atoms with Crippen LogP contribution in [0.1, 0.15) is 29.3 Å². The molecule has 0 radical (unpaired) electrons. The van der Waals surface area contributed by atoms with Crippen LogP contribution in [-0.2, 0) is 4.74 Å². The van der Waals surface area contributed by atoms with E-state index in [1.54, 1.807) is 12.1 Å². The Morgan fingerprint density at radius 1 is 1.40 bits per heavy atom. The smallest absolute Gasteiger partial charge is 0.373 e. The maximum atomic E-state index is 11.3. The summed E-state index contributed by atoms with van der Waals surface area (Å²) in [6, 6.07) is 8.96. The number of furan rings is 1. The molecule has 2 aromatic rings. The number of carbonyl (C=O) groups excluding carboxylic acids is 1. The lowest BCUT2D eigenvalue weighted by molar-refractivity contribution is 0.0562. The van der Waals surface area contributed by atoms with Gasteiger partial charge in [0.25, 0.3) is 0 Å². The van der Waals surface area contributed by atoms with E-state index in [4.69, 9.17) is 16.0 Å². The van der Waals surface area contributed by atoms with Crippen LogP contribution in [0.3, 0.4) is 0 Å². The Hall–Kier alpha value is -1.21. The first-order valence-corrected chi connectivity index (χ1v) is 7.36. The van der Waals surface area contributed by atoms with Gasteiger partial charge in [0.05, 0.1) is 23.9 Å². The number of hydrogen-bond acceptors (Lipinski definition) is 4. The second-order valence-corrected chi connectivity index (χ2v) is 5.84. The molecule has 1 aromatic heterocycles. The van der Waals surface area contributed by atoms with E-state index in [0.717, 1.165) is 9.26 Å². The lowest BCUT2D eigenvalue weighted by Gasteiger charge is -2.14. The van der Waals surface area contributed by atoms with Crippen LogP contribution in [0, 0.1) is 3.57 Å². The van der Waals surface area contributed by atoms with Crippen LogP contribution in [0.25, 0.3) is 0 Å². The molecule has 1 unspecified atom stereocenters. The number of hydrogen-bond donors (Lipinski definition) is 1. The Morgan fingerprint density at radius 2 is 2.15 bits per heavy atom. The predicted molar refractivity (Wildman–Crippen MR) is 86.3 cm³/mol. The highest BCUT2D eigenvalue weighted by atomic mass is 127. The van der Waals surface area contributed by atoms with E-state index in [2.05, 4.69) is 32.6 Å². The fourth-order valence-electron chi connectivity index (χ4n) is 1.71. The van der Waals surface area contributed by atoms with Crippen LogP contribution < -0.4 is 5.32 Å². The van der Waals surface area contributed by atoms with Gasteiger partial charge in [-0.25, -0.2) is 4.79 Å². The van der Waals surface area contributed by atoms with Crippen molar-refractivity contribution in [1.82, 2.24) is 0 Å². The number of carbonyl (C=O) groups is 1. The van der Waals surface area contributed by atoms with Gasteiger partial charge >= 0.3 is 5.97 Å². The number of ether oxygens (including phenoxy) is 1. The number of esters is 1. The monoisotopic (exact) mass is 405 g/mol.